The van der Waals surface area contributed by atoms with Gasteiger partial charge in [-0.1, -0.05) is 0 Å². The highest BCUT2D eigenvalue weighted by Crippen LogP contribution is 2.01. The molecule has 5 nitrogen and oxygen atoms in total. The van der Waals surface area contributed by atoms with Crippen LogP contribution in [0.5, 0.6) is 0 Å². The lowest BCUT2D eigenvalue weighted by Crippen LogP contribution is -2.25. The summed E-state index contributed by atoms with van der Waals surface area (Å²) in [6, 6.07) is 3.11. The van der Waals surface area contributed by atoms with E-state index in [4.69, 9.17) is 5.11 Å². The molecule has 0 atom stereocenters. The SMILES string of the molecule is CC(C)n1nc(NCCO)ccc1=O. The standard InChI is InChI=1S/C9H15N3O2/c1-7(2)12-9(14)4-3-8(11-12)10-5-6-13/h3-4,7,13H,5-6H2,1-2H3,(H,10,11). The van der Waals surface area contributed by atoms with Crippen LogP contribution in [0.1, 0.15) is 19.9 Å². The van der Waals surface area contributed by atoms with Crippen molar-refractivity contribution in [1.82, 2.24) is 9.78 Å². The van der Waals surface area contributed by atoms with Gasteiger partial charge in [-0.15, -0.1) is 0 Å². The third-order valence-corrected chi connectivity index (χ3v) is 1.73. The average Bonchev–Trinajstić information content (AvgIpc) is 2.16. The van der Waals surface area contributed by atoms with Gasteiger partial charge < -0.3 is 10.4 Å². The van der Waals surface area contributed by atoms with Crippen LogP contribution < -0.4 is 10.9 Å². The fourth-order valence-electron chi connectivity index (χ4n) is 1.07. The maximum Gasteiger partial charge on any atom is 0.267 e. The molecule has 0 aliphatic rings. The summed E-state index contributed by atoms with van der Waals surface area (Å²) in [5.74, 6) is 0.604. The minimum absolute atomic E-state index is 0.0402. The largest absolute Gasteiger partial charge is 0.395 e. The molecule has 0 bridgehead atoms. The van der Waals surface area contributed by atoms with E-state index in [-0.39, 0.29) is 18.2 Å². The second kappa shape index (κ2) is 4.76. The van der Waals surface area contributed by atoms with E-state index in [0.717, 1.165) is 0 Å². The number of aliphatic hydroxyl groups excluding tert-OH is 1. The molecule has 0 radical (unpaired) electrons. The fourth-order valence-corrected chi connectivity index (χ4v) is 1.07. The van der Waals surface area contributed by atoms with Crippen molar-refractivity contribution in [3.8, 4) is 0 Å². The summed E-state index contributed by atoms with van der Waals surface area (Å²) in [5, 5.41) is 15.6. The Hall–Kier alpha value is -1.36. The average molecular weight is 197 g/mol. The van der Waals surface area contributed by atoms with Gasteiger partial charge in [0.05, 0.1) is 12.6 Å². The van der Waals surface area contributed by atoms with Crippen molar-refractivity contribution in [2.75, 3.05) is 18.5 Å². The topological polar surface area (TPSA) is 67.2 Å². The monoisotopic (exact) mass is 197 g/mol. The second-order valence-corrected chi connectivity index (χ2v) is 3.25. The van der Waals surface area contributed by atoms with Crippen LogP contribution in [0.4, 0.5) is 5.82 Å². The quantitative estimate of drug-likeness (QED) is 0.725. The van der Waals surface area contributed by atoms with Crippen LogP contribution in [-0.4, -0.2) is 28.0 Å². The van der Waals surface area contributed by atoms with Crippen LogP contribution in [-0.2, 0) is 0 Å². The zero-order valence-electron chi connectivity index (χ0n) is 8.40. The molecule has 14 heavy (non-hydrogen) atoms. The first kappa shape index (κ1) is 10.7. The second-order valence-electron chi connectivity index (χ2n) is 3.25. The third kappa shape index (κ3) is 2.56. The molecule has 0 aliphatic carbocycles. The van der Waals surface area contributed by atoms with Crippen LogP contribution in [0.2, 0.25) is 0 Å². The number of aromatic nitrogens is 2. The number of nitrogens with zero attached hydrogens (tertiary/aromatic N) is 2. The fraction of sp³-hybridized carbons (Fsp3) is 0.556. The van der Waals surface area contributed by atoms with Crippen molar-refractivity contribution >= 4 is 5.82 Å². The molecule has 0 spiro atoms. The Morgan fingerprint density at radius 1 is 1.57 bits per heavy atom. The van der Waals surface area contributed by atoms with Gasteiger partial charge in [0.1, 0.15) is 5.82 Å². The summed E-state index contributed by atoms with van der Waals surface area (Å²) in [5.41, 5.74) is -0.116. The summed E-state index contributed by atoms with van der Waals surface area (Å²) in [6.45, 7) is 4.26. The van der Waals surface area contributed by atoms with Gasteiger partial charge in [-0.3, -0.25) is 4.79 Å². The molecule has 1 heterocycles. The molecule has 0 aliphatic heterocycles. The molecule has 0 saturated carbocycles. The number of nitrogens with one attached hydrogen (secondary N) is 1. The van der Waals surface area contributed by atoms with E-state index in [1.165, 1.54) is 10.7 Å². The Kier molecular flexibility index (Phi) is 3.64. The highest BCUT2D eigenvalue weighted by Gasteiger charge is 2.02. The van der Waals surface area contributed by atoms with Crippen molar-refractivity contribution in [3.63, 3.8) is 0 Å². The predicted octanol–water partition coefficient (Wildman–Crippen LogP) is 0.228. The number of rotatable bonds is 4. The molecular formula is C9H15N3O2. The number of hydrogen-bond donors (Lipinski definition) is 2. The summed E-state index contributed by atoms with van der Waals surface area (Å²) >= 11 is 0. The van der Waals surface area contributed by atoms with Crippen molar-refractivity contribution in [3.05, 3.63) is 22.5 Å². The van der Waals surface area contributed by atoms with E-state index < -0.39 is 0 Å². The number of anilines is 1. The van der Waals surface area contributed by atoms with Gasteiger partial charge >= 0.3 is 0 Å². The van der Waals surface area contributed by atoms with Crippen LogP contribution in [0.15, 0.2) is 16.9 Å². The Balaban J connectivity index is 2.89. The van der Waals surface area contributed by atoms with Crippen molar-refractivity contribution < 1.29 is 5.11 Å². The molecule has 78 valence electrons. The van der Waals surface area contributed by atoms with Crippen LogP contribution in [0, 0.1) is 0 Å². The predicted molar refractivity (Wildman–Crippen MR) is 54.5 cm³/mol. The molecule has 5 heteroatoms. The highest BCUT2D eigenvalue weighted by molar-refractivity contribution is 5.31. The molecule has 0 fully saturated rings. The summed E-state index contributed by atoms with van der Waals surface area (Å²) in [6.07, 6.45) is 0. The first-order chi connectivity index (χ1) is 6.65. The van der Waals surface area contributed by atoms with Crippen LogP contribution in [0.25, 0.3) is 0 Å². The lowest BCUT2D eigenvalue weighted by molar-refractivity contribution is 0.310. The Morgan fingerprint density at radius 3 is 2.86 bits per heavy atom. The van der Waals surface area contributed by atoms with Crippen LogP contribution >= 0.6 is 0 Å². The summed E-state index contributed by atoms with van der Waals surface area (Å²) < 4.78 is 1.40. The molecule has 0 aromatic carbocycles. The van der Waals surface area contributed by atoms with Crippen LogP contribution in [0.3, 0.4) is 0 Å². The smallest absolute Gasteiger partial charge is 0.267 e. The van der Waals surface area contributed by atoms with E-state index in [9.17, 15) is 4.79 Å². The van der Waals surface area contributed by atoms with Gasteiger partial charge in [0.15, 0.2) is 0 Å². The minimum atomic E-state index is -0.116. The molecule has 0 saturated heterocycles. The minimum Gasteiger partial charge on any atom is -0.395 e. The van der Waals surface area contributed by atoms with E-state index in [2.05, 4.69) is 10.4 Å². The van der Waals surface area contributed by atoms with E-state index >= 15 is 0 Å². The van der Waals surface area contributed by atoms with E-state index in [1.54, 1.807) is 6.07 Å². The lowest BCUT2D eigenvalue weighted by atomic mass is 10.4. The molecule has 1 aromatic heterocycles. The van der Waals surface area contributed by atoms with Gasteiger partial charge in [-0.25, -0.2) is 4.68 Å². The molecule has 0 unspecified atom stereocenters. The third-order valence-electron chi connectivity index (χ3n) is 1.73. The first-order valence-corrected chi connectivity index (χ1v) is 4.59. The number of aliphatic hydroxyl groups is 1. The van der Waals surface area contributed by atoms with Crippen molar-refractivity contribution in [1.29, 1.82) is 0 Å². The molecule has 1 rings (SSSR count). The Morgan fingerprint density at radius 2 is 2.29 bits per heavy atom. The molecule has 0 amide bonds. The van der Waals surface area contributed by atoms with E-state index in [1.807, 2.05) is 13.8 Å². The Bertz CT molecular complexity index is 346. The van der Waals surface area contributed by atoms with Gasteiger partial charge in [0, 0.05) is 12.6 Å². The van der Waals surface area contributed by atoms with E-state index in [0.29, 0.717) is 12.4 Å². The lowest BCUT2D eigenvalue weighted by Gasteiger charge is -2.10. The van der Waals surface area contributed by atoms with Gasteiger partial charge in [0.2, 0.25) is 0 Å². The van der Waals surface area contributed by atoms with Crippen molar-refractivity contribution in [2.24, 2.45) is 0 Å². The zero-order chi connectivity index (χ0) is 10.6. The normalized spacial score (nSPS) is 10.6. The summed E-state index contributed by atoms with van der Waals surface area (Å²) in [7, 11) is 0. The van der Waals surface area contributed by atoms with Gasteiger partial charge in [-0.2, -0.15) is 5.10 Å². The maximum atomic E-state index is 11.3. The molecule has 1 aromatic rings. The maximum absolute atomic E-state index is 11.3. The Labute approximate surface area is 82.4 Å². The zero-order valence-corrected chi connectivity index (χ0v) is 8.40. The highest BCUT2D eigenvalue weighted by atomic mass is 16.3. The molecular weight excluding hydrogens is 182 g/mol. The van der Waals surface area contributed by atoms with Gasteiger partial charge in [-0.05, 0) is 19.9 Å². The number of hydrogen-bond acceptors (Lipinski definition) is 4. The first-order valence-electron chi connectivity index (χ1n) is 4.59. The van der Waals surface area contributed by atoms with Gasteiger partial charge in [0.25, 0.3) is 5.56 Å². The molecule has 2 N–H and O–H groups in total. The van der Waals surface area contributed by atoms with Crippen molar-refractivity contribution in [2.45, 2.75) is 19.9 Å². The summed E-state index contributed by atoms with van der Waals surface area (Å²) in [4.78, 5) is 11.3.